The van der Waals surface area contributed by atoms with E-state index in [4.69, 9.17) is 19.6 Å². The third kappa shape index (κ3) is 2.88. The Morgan fingerprint density at radius 3 is 1.25 bits per heavy atom. The fourth-order valence-electron chi connectivity index (χ4n) is 0. The Hall–Kier alpha value is 0.700. The third-order valence-corrected chi connectivity index (χ3v) is 4.66. The molecule has 0 saturated heterocycles. The molecule has 0 aliphatic heterocycles. The van der Waals surface area contributed by atoms with Crippen LogP contribution in [0.2, 0.25) is 0 Å². The van der Waals surface area contributed by atoms with E-state index in [9.17, 15) is 0 Å². The van der Waals surface area contributed by atoms with Crippen LogP contribution in [-0.2, 0) is 0 Å². The third-order valence-electron chi connectivity index (χ3n) is 0.518. The van der Waals surface area contributed by atoms with Gasteiger partial charge in [0.25, 0.3) is 0 Å². The van der Waals surface area contributed by atoms with Gasteiger partial charge in [0.1, 0.15) is 0 Å². The van der Waals surface area contributed by atoms with E-state index in [0.29, 0.717) is 0 Å². The predicted octanol–water partition coefficient (Wildman–Crippen LogP) is -0.175. The van der Waals surface area contributed by atoms with Gasteiger partial charge in [-0.15, -0.1) is 0 Å². The molecule has 4 nitrogen and oxygen atoms in total. The average Bonchev–Trinajstić information content (AvgIpc) is 1.27. The summed E-state index contributed by atoms with van der Waals surface area (Å²) in [4.78, 5) is 34.2. The molecule has 0 spiro atoms. The van der Waals surface area contributed by atoms with Gasteiger partial charge in [0.05, 0.1) is 0 Å². The molecule has 6 heteroatoms. The Bertz CT molecular complexity index is 82.7. The summed E-state index contributed by atoms with van der Waals surface area (Å²) in [6.07, 6.45) is 0. The van der Waals surface area contributed by atoms with Crippen LogP contribution in [0.3, 0.4) is 0 Å². The molecule has 52 valence electrons. The van der Waals surface area contributed by atoms with E-state index in [0.717, 1.165) is 13.3 Å². The molecule has 0 bridgehead atoms. The Labute approximate surface area is 48.7 Å². The van der Waals surface area contributed by atoms with Gasteiger partial charge in [-0.1, -0.05) is 0 Å². The predicted molar refractivity (Wildman–Crippen MR) is 34.6 cm³/mol. The molecule has 0 aromatic rings. The van der Waals surface area contributed by atoms with Crippen molar-refractivity contribution in [1.29, 1.82) is 0 Å². The van der Waals surface area contributed by atoms with Crippen molar-refractivity contribution in [2.75, 3.05) is 13.3 Å². The number of hydrogen-bond acceptors (Lipinski definition) is 4. The summed E-state index contributed by atoms with van der Waals surface area (Å²) in [6, 6.07) is 0. The molecular formula is C2H10O4P2. The van der Waals surface area contributed by atoms with Crippen molar-refractivity contribution in [1.82, 2.24) is 0 Å². The van der Waals surface area contributed by atoms with Crippen LogP contribution in [0.5, 0.6) is 0 Å². The van der Waals surface area contributed by atoms with Gasteiger partial charge >= 0.3 is 47.7 Å². The molecule has 0 aliphatic rings. The first kappa shape index (κ1) is 8.70. The maximum atomic E-state index is 8.78. The molecule has 0 fully saturated rings. The van der Waals surface area contributed by atoms with Crippen LogP contribution in [0.1, 0.15) is 0 Å². The van der Waals surface area contributed by atoms with Crippen LogP contribution < -0.4 is 0 Å². The molecule has 0 unspecified atom stereocenters. The summed E-state index contributed by atoms with van der Waals surface area (Å²) in [7, 11) is -2.58. The van der Waals surface area contributed by atoms with E-state index >= 15 is 0 Å². The van der Waals surface area contributed by atoms with Gasteiger partial charge in [0.15, 0.2) is 0 Å². The first-order valence-electron chi connectivity index (χ1n) is 1.89. The summed E-state index contributed by atoms with van der Waals surface area (Å²) >= 11 is 0. The zero-order valence-electron chi connectivity index (χ0n) is 4.68. The van der Waals surface area contributed by atoms with Gasteiger partial charge in [0, 0.05) is 0 Å². The van der Waals surface area contributed by atoms with E-state index in [2.05, 4.69) is 0 Å². The molecule has 4 N–H and O–H groups in total. The number of hydrogen-bond donors (Lipinski definition) is 4. The summed E-state index contributed by atoms with van der Waals surface area (Å²) in [5, 5.41) is 0. The minimum atomic E-state index is -4.01. The summed E-state index contributed by atoms with van der Waals surface area (Å²) in [5.41, 5.74) is 0. The molecule has 0 heterocycles. The van der Waals surface area contributed by atoms with E-state index in [1.165, 1.54) is 0 Å². The van der Waals surface area contributed by atoms with Crippen LogP contribution in [0, 0.1) is 0 Å². The second kappa shape index (κ2) is 1.84. The van der Waals surface area contributed by atoms with Crippen LogP contribution in [0.4, 0.5) is 0 Å². The first-order valence-corrected chi connectivity index (χ1v) is 6.88. The normalized spacial score (nSPS) is 18.1. The summed E-state index contributed by atoms with van der Waals surface area (Å²) < 4.78 is 0. The Kier molecular flexibility index (Phi) is 2.00. The van der Waals surface area contributed by atoms with Gasteiger partial charge in [-0.2, -0.15) is 0 Å². The van der Waals surface area contributed by atoms with Crippen molar-refractivity contribution in [3.63, 3.8) is 0 Å². The monoisotopic (exact) mass is 160 g/mol. The Morgan fingerprint density at radius 1 is 1.12 bits per heavy atom. The molecule has 0 aliphatic carbocycles. The Balaban J connectivity index is 4.14. The van der Waals surface area contributed by atoms with Crippen LogP contribution in [0.25, 0.3) is 0 Å². The zero-order valence-corrected chi connectivity index (χ0v) is 6.47. The van der Waals surface area contributed by atoms with Crippen molar-refractivity contribution < 1.29 is 19.6 Å². The SMILES string of the molecule is CP(C)(O)(O)P(O)O. The zero-order chi connectivity index (χ0) is 7.02. The fraction of sp³-hybridized carbons (Fsp3) is 1.00. The molecule has 0 aromatic carbocycles. The fourth-order valence-corrected chi connectivity index (χ4v) is 0. The van der Waals surface area contributed by atoms with E-state index in [-0.39, 0.29) is 0 Å². The van der Waals surface area contributed by atoms with Crippen molar-refractivity contribution in [2.45, 2.75) is 0 Å². The molecule has 0 aromatic heterocycles. The quantitative estimate of drug-likeness (QED) is 0.401. The summed E-state index contributed by atoms with van der Waals surface area (Å²) in [5.74, 6) is 0. The van der Waals surface area contributed by atoms with Crippen molar-refractivity contribution >= 4 is 14.8 Å². The van der Waals surface area contributed by atoms with Gasteiger partial charge in [-0.3, -0.25) is 0 Å². The summed E-state index contributed by atoms with van der Waals surface area (Å²) in [6.45, 7) is -1.90. The molecule has 0 atom stereocenters. The van der Waals surface area contributed by atoms with Crippen molar-refractivity contribution in [2.24, 2.45) is 0 Å². The molecule has 0 amide bonds. The second-order valence-corrected chi connectivity index (χ2v) is 11.1. The standard InChI is InChI=1S/C2H10O4P2/c1-8(2,5,6)7(3)4/h3-6H,1-2H3. The van der Waals surface area contributed by atoms with Gasteiger partial charge in [-0.05, 0) is 0 Å². The molecule has 0 saturated carbocycles. The van der Waals surface area contributed by atoms with Crippen LogP contribution in [-0.4, -0.2) is 32.9 Å². The molecule has 0 rings (SSSR count). The van der Waals surface area contributed by atoms with E-state index in [1.807, 2.05) is 0 Å². The van der Waals surface area contributed by atoms with Crippen LogP contribution in [0.15, 0.2) is 0 Å². The first-order chi connectivity index (χ1) is 3.20. The average molecular weight is 160 g/mol. The maximum absolute atomic E-state index is 8.78. The minimum absolute atomic E-state index is 1.05. The number of rotatable bonds is 1. The topological polar surface area (TPSA) is 80.9 Å². The van der Waals surface area contributed by atoms with Crippen molar-refractivity contribution in [3.8, 4) is 0 Å². The van der Waals surface area contributed by atoms with Crippen LogP contribution >= 0.6 is 14.8 Å². The van der Waals surface area contributed by atoms with Gasteiger partial charge in [0.2, 0.25) is 0 Å². The molecular weight excluding hydrogens is 150 g/mol. The molecule has 8 heavy (non-hydrogen) atoms. The second-order valence-electron chi connectivity index (χ2n) is 2.18. The van der Waals surface area contributed by atoms with Gasteiger partial charge in [-0.25, -0.2) is 0 Å². The van der Waals surface area contributed by atoms with E-state index < -0.39 is 14.8 Å². The molecule has 0 radical (unpaired) electrons. The van der Waals surface area contributed by atoms with Crippen molar-refractivity contribution in [3.05, 3.63) is 0 Å². The van der Waals surface area contributed by atoms with E-state index in [1.54, 1.807) is 0 Å². The van der Waals surface area contributed by atoms with Gasteiger partial charge < -0.3 is 0 Å². The Morgan fingerprint density at radius 2 is 1.25 bits per heavy atom.